The second-order valence-corrected chi connectivity index (χ2v) is 6.65. The Morgan fingerprint density at radius 3 is 2.12 bits per heavy atom. The summed E-state index contributed by atoms with van der Waals surface area (Å²) in [5.41, 5.74) is 2.36. The van der Waals surface area contributed by atoms with Crippen LogP contribution in [0.3, 0.4) is 0 Å². The number of anilines is 2. The van der Waals surface area contributed by atoms with Crippen LogP contribution in [0.25, 0.3) is 0 Å². The molecule has 5 nitrogen and oxygen atoms in total. The Labute approximate surface area is 153 Å². The maximum absolute atomic E-state index is 12.2. The van der Waals surface area contributed by atoms with E-state index in [2.05, 4.69) is 10.6 Å². The molecule has 1 saturated carbocycles. The van der Waals surface area contributed by atoms with E-state index in [1.807, 2.05) is 36.4 Å². The molecule has 2 amide bonds. The molecule has 26 heavy (non-hydrogen) atoms. The summed E-state index contributed by atoms with van der Waals surface area (Å²) in [6, 6.07) is 14.8. The number of nitrogens with one attached hydrogen (secondary N) is 2. The van der Waals surface area contributed by atoms with Crippen molar-refractivity contribution in [3.05, 3.63) is 54.1 Å². The molecule has 0 aliphatic heterocycles. The summed E-state index contributed by atoms with van der Waals surface area (Å²) in [7, 11) is 0. The first-order valence-corrected chi connectivity index (χ1v) is 9.01. The highest BCUT2D eigenvalue weighted by atomic mass is 16.5. The van der Waals surface area contributed by atoms with Crippen molar-refractivity contribution in [3.63, 3.8) is 0 Å². The van der Waals surface area contributed by atoms with Crippen molar-refractivity contribution in [2.24, 2.45) is 0 Å². The lowest BCUT2D eigenvalue weighted by Crippen LogP contribution is -2.14. The fourth-order valence-electron chi connectivity index (χ4n) is 3.12. The Morgan fingerprint density at radius 2 is 1.50 bits per heavy atom. The molecular weight excluding hydrogens is 328 g/mol. The van der Waals surface area contributed by atoms with Crippen LogP contribution in [0.2, 0.25) is 0 Å². The van der Waals surface area contributed by atoms with Crippen LogP contribution in [0.4, 0.5) is 11.4 Å². The molecule has 0 radical (unpaired) electrons. The standard InChI is InChI=1S/C21H24N2O3/c1-15(24)22-17-8-6-16(7-9-17)14-21(25)23-18-10-12-20(13-11-18)26-19-4-2-3-5-19/h6-13,19H,2-5,14H2,1H3,(H,22,24)(H,23,25). The van der Waals surface area contributed by atoms with Crippen LogP contribution < -0.4 is 15.4 Å². The van der Waals surface area contributed by atoms with Crippen LogP contribution in [0, 0.1) is 0 Å². The van der Waals surface area contributed by atoms with Crippen molar-refractivity contribution in [1.29, 1.82) is 0 Å². The topological polar surface area (TPSA) is 67.4 Å². The third-order valence-corrected chi connectivity index (χ3v) is 4.38. The van der Waals surface area contributed by atoms with Crippen molar-refractivity contribution < 1.29 is 14.3 Å². The van der Waals surface area contributed by atoms with E-state index in [0.29, 0.717) is 6.10 Å². The number of rotatable bonds is 6. The molecule has 0 heterocycles. The van der Waals surface area contributed by atoms with Gasteiger partial charge in [0.1, 0.15) is 5.75 Å². The van der Waals surface area contributed by atoms with E-state index in [-0.39, 0.29) is 18.2 Å². The van der Waals surface area contributed by atoms with Crippen LogP contribution in [0.5, 0.6) is 5.75 Å². The third kappa shape index (κ3) is 5.34. The van der Waals surface area contributed by atoms with Crippen LogP contribution in [-0.2, 0) is 16.0 Å². The maximum Gasteiger partial charge on any atom is 0.228 e. The molecule has 2 aromatic rings. The number of carbonyl (C=O) groups is 2. The lowest BCUT2D eigenvalue weighted by atomic mass is 10.1. The van der Waals surface area contributed by atoms with Gasteiger partial charge in [0.2, 0.25) is 11.8 Å². The minimum Gasteiger partial charge on any atom is -0.490 e. The van der Waals surface area contributed by atoms with Crippen LogP contribution in [0.1, 0.15) is 38.2 Å². The number of hydrogen-bond acceptors (Lipinski definition) is 3. The Balaban J connectivity index is 1.50. The fraction of sp³-hybridized carbons (Fsp3) is 0.333. The number of carbonyl (C=O) groups excluding carboxylic acids is 2. The van der Waals surface area contributed by atoms with Crippen molar-refractivity contribution in [2.45, 2.75) is 45.1 Å². The summed E-state index contributed by atoms with van der Waals surface area (Å²) in [5.74, 6) is 0.654. The van der Waals surface area contributed by atoms with Crippen LogP contribution in [0.15, 0.2) is 48.5 Å². The van der Waals surface area contributed by atoms with E-state index in [1.54, 1.807) is 12.1 Å². The highest BCUT2D eigenvalue weighted by molar-refractivity contribution is 5.92. The molecule has 0 aromatic heterocycles. The van der Waals surface area contributed by atoms with Crippen molar-refractivity contribution in [2.75, 3.05) is 10.6 Å². The van der Waals surface area contributed by atoms with Gasteiger partial charge in [-0.05, 0) is 67.6 Å². The average Bonchev–Trinajstić information content (AvgIpc) is 3.11. The van der Waals surface area contributed by atoms with Gasteiger partial charge >= 0.3 is 0 Å². The fourth-order valence-corrected chi connectivity index (χ4v) is 3.12. The minimum atomic E-state index is -0.115. The molecule has 1 fully saturated rings. The van der Waals surface area contributed by atoms with Gasteiger partial charge in [-0.1, -0.05) is 12.1 Å². The Morgan fingerprint density at radius 1 is 0.923 bits per heavy atom. The van der Waals surface area contributed by atoms with E-state index in [4.69, 9.17) is 4.74 Å². The summed E-state index contributed by atoms with van der Waals surface area (Å²) in [6.45, 7) is 1.46. The first-order chi connectivity index (χ1) is 12.6. The zero-order chi connectivity index (χ0) is 18.4. The van der Waals surface area contributed by atoms with Gasteiger partial charge in [-0.3, -0.25) is 9.59 Å². The lowest BCUT2D eigenvalue weighted by molar-refractivity contribution is -0.116. The second kappa shape index (κ2) is 8.52. The highest BCUT2D eigenvalue weighted by Gasteiger charge is 2.16. The van der Waals surface area contributed by atoms with Gasteiger partial charge < -0.3 is 15.4 Å². The Bertz CT molecular complexity index is 748. The number of hydrogen-bond donors (Lipinski definition) is 2. The molecule has 2 N–H and O–H groups in total. The number of amides is 2. The smallest absolute Gasteiger partial charge is 0.228 e. The third-order valence-electron chi connectivity index (χ3n) is 4.38. The van der Waals surface area contributed by atoms with Crippen molar-refractivity contribution in [1.82, 2.24) is 0 Å². The molecule has 0 atom stereocenters. The van der Waals surface area contributed by atoms with E-state index in [9.17, 15) is 9.59 Å². The Hall–Kier alpha value is -2.82. The van der Waals surface area contributed by atoms with Gasteiger partial charge in [-0.15, -0.1) is 0 Å². The molecule has 3 rings (SSSR count). The van der Waals surface area contributed by atoms with Gasteiger partial charge in [0.25, 0.3) is 0 Å². The molecule has 136 valence electrons. The summed E-state index contributed by atoms with van der Waals surface area (Å²) in [4.78, 5) is 23.2. The monoisotopic (exact) mass is 352 g/mol. The predicted octanol–water partition coefficient (Wildman–Crippen LogP) is 4.15. The summed E-state index contributed by atoms with van der Waals surface area (Å²) >= 11 is 0. The molecule has 2 aromatic carbocycles. The Kier molecular flexibility index (Phi) is 5.89. The molecule has 1 aliphatic carbocycles. The lowest BCUT2D eigenvalue weighted by Gasteiger charge is -2.13. The van der Waals surface area contributed by atoms with Crippen LogP contribution >= 0.6 is 0 Å². The SMILES string of the molecule is CC(=O)Nc1ccc(CC(=O)Nc2ccc(OC3CCCC3)cc2)cc1. The molecular formula is C21H24N2O3. The predicted molar refractivity (Wildman–Crippen MR) is 102 cm³/mol. The van der Waals surface area contributed by atoms with E-state index in [0.717, 1.165) is 35.5 Å². The van der Waals surface area contributed by atoms with Gasteiger partial charge in [0.05, 0.1) is 12.5 Å². The molecule has 0 unspecified atom stereocenters. The first kappa shape index (κ1) is 18.0. The molecule has 0 bridgehead atoms. The van der Waals surface area contributed by atoms with Crippen molar-refractivity contribution >= 4 is 23.2 Å². The second-order valence-electron chi connectivity index (χ2n) is 6.65. The van der Waals surface area contributed by atoms with Gasteiger partial charge in [0, 0.05) is 18.3 Å². The van der Waals surface area contributed by atoms with Gasteiger partial charge in [-0.25, -0.2) is 0 Å². The zero-order valence-corrected chi connectivity index (χ0v) is 15.0. The van der Waals surface area contributed by atoms with Gasteiger partial charge in [0.15, 0.2) is 0 Å². The number of ether oxygens (including phenoxy) is 1. The van der Waals surface area contributed by atoms with Crippen molar-refractivity contribution in [3.8, 4) is 5.75 Å². The zero-order valence-electron chi connectivity index (χ0n) is 15.0. The first-order valence-electron chi connectivity index (χ1n) is 9.01. The van der Waals surface area contributed by atoms with E-state index >= 15 is 0 Å². The normalized spacial score (nSPS) is 14.0. The summed E-state index contributed by atoms with van der Waals surface area (Å²) < 4.78 is 5.93. The molecule has 5 heteroatoms. The minimum absolute atomic E-state index is 0.0817. The van der Waals surface area contributed by atoms with E-state index < -0.39 is 0 Å². The summed E-state index contributed by atoms with van der Waals surface area (Å²) in [6.07, 6.45) is 5.34. The van der Waals surface area contributed by atoms with Crippen LogP contribution in [-0.4, -0.2) is 17.9 Å². The number of benzene rings is 2. The molecule has 1 aliphatic rings. The largest absolute Gasteiger partial charge is 0.490 e. The maximum atomic E-state index is 12.2. The quantitative estimate of drug-likeness (QED) is 0.821. The average molecular weight is 352 g/mol. The highest BCUT2D eigenvalue weighted by Crippen LogP contribution is 2.25. The van der Waals surface area contributed by atoms with Gasteiger partial charge in [-0.2, -0.15) is 0 Å². The molecule has 0 saturated heterocycles. The van der Waals surface area contributed by atoms with E-state index in [1.165, 1.54) is 19.8 Å². The summed E-state index contributed by atoms with van der Waals surface area (Å²) in [5, 5.41) is 5.60. The molecule has 0 spiro atoms.